The van der Waals surface area contributed by atoms with Crippen LogP contribution in [-0.4, -0.2) is 46.1 Å². The van der Waals surface area contributed by atoms with Gasteiger partial charge in [0.2, 0.25) is 0 Å². The van der Waals surface area contributed by atoms with E-state index in [4.69, 9.17) is 5.11 Å². The standard InChI is InChI=1S/C24H29N3O2.2ClH/c1-17(13-18-5-3-2-4-6-18)21-14-23(21)26-20-9-11-27(12-10-20)16-19-7-8-22(24(28)29)25-15-19;;/h2-8,13,15,20-21,23,26H,9-12,14,16H2,1H3,(H,28,29);2*1H/t21?,23-;;/m0../s1. The zero-order valence-corrected chi connectivity index (χ0v) is 19.4. The van der Waals surface area contributed by atoms with E-state index in [1.165, 1.54) is 17.6 Å². The third-order valence-corrected chi connectivity index (χ3v) is 6.06. The number of aromatic carboxylic acids is 1. The first-order valence-corrected chi connectivity index (χ1v) is 10.5. The molecule has 31 heavy (non-hydrogen) atoms. The molecule has 1 aromatic heterocycles. The average Bonchev–Trinajstić information content (AvgIpc) is 3.50. The number of carboxylic acids is 1. The Balaban J connectivity index is 0.00000171. The van der Waals surface area contributed by atoms with E-state index in [9.17, 15) is 4.79 Å². The van der Waals surface area contributed by atoms with Gasteiger partial charge in [-0.1, -0.05) is 48.0 Å². The summed E-state index contributed by atoms with van der Waals surface area (Å²) in [7, 11) is 0. The molecule has 2 aliphatic rings. The zero-order chi connectivity index (χ0) is 20.2. The molecule has 2 atom stereocenters. The zero-order valence-electron chi connectivity index (χ0n) is 17.7. The molecule has 1 unspecified atom stereocenters. The molecule has 2 heterocycles. The number of hydrogen-bond acceptors (Lipinski definition) is 4. The summed E-state index contributed by atoms with van der Waals surface area (Å²) in [6, 6.07) is 15.2. The first-order chi connectivity index (χ1) is 14.1. The van der Waals surface area contributed by atoms with Crippen molar-refractivity contribution < 1.29 is 9.90 Å². The second kappa shape index (κ2) is 11.6. The number of carbonyl (C=O) groups is 1. The molecule has 2 aromatic rings. The molecule has 1 saturated carbocycles. The molecule has 1 aliphatic heterocycles. The van der Waals surface area contributed by atoms with E-state index in [-0.39, 0.29) is 30.5 Å². The van der Waals surface area contributed by atoms with Crippen molar-refractivity contribution in [2.45, 2.75) is 44.8 Å². The lowest BCUT2D eigenvalue weighted by atomic mass is 10.0. The highest BCUT2D eigenvalue weighted by atomic mass is 35.5. The number of piperidine rings is 1. The summed E-state index contributed by atoms with van der Waals surface area (Å²) in [5.41, 5.74) is 3.94. The van der Waals surface area contributed by atoms with Gasteiger partial charge in [0.1, 0.15) is 5.69 Å². The van der Waals surface area contributed by atoms with Crippen LogP contribution in [0.1, 0.15) is 47.8 Å². The van der Waals surface area contributed by atoms with Gasteiger partial charge in [-0.05, 0) is 62.4 Å². The van der Waals surface area contributed by atoms with Crippen LogP contribution in [0.2, 0.25) is 0 Å². The van der Waals surface area contributed by atoms with Gasteiger partial charge in [-0.3, -0.25) is 4.90 Å². The highest BCUT2D eigenvalue weighted by Crippen LogP contribution is 2.38. The fraction of sp³-hybridized carbons (Fsp3) is 0.417. The van der Waals surface area contributed by atoms with E-state index >= 15 is 0 Å². The monoisotopic (exact) mass is 463 g/mol. The lowest BCUT2D eigenvalue weighted by Gasteiger charge is -2.32. The van der Waals surface area contributed by atoms with Gasteiger partial charge < -0.3 is 10.4 Å². The number of benzene rings is 1. The molecule has 2 fully saturated rings. The van der Waals surface area contributed by atoms with Crippen LogP contribution >= 0.6 is 24.8 Å². The Morgan fingerprint density at radius 2 is 1.87 bits per heavy atom. The largest absolute Gasteiger partial charge is 0.477 e. The van der Waals surface area contributed by atoms with Crippen LogP contribution in [0.5, 0.6) is 0 Å². The number of aromatic nitrogens is 1. The molecule has 5 nitrogen and oxygen atoms in total. The maximum Gasteiger partial charge on any atom is 0.354 e. The maximum atomic E-state index is 10.9. The lowest BCUT2D eigenvalue weighted by molar-refractivity contribution is 0.0690. The summed E-state index contributed by atoms with van der Waals surface area (Å²) in [6.45, 7) is 5.22. The number of hydrogen-bond donors (Lipinski definition) is 2. The van der Waals surface area contributed by atoms with E-state index in [1.807, 2.05) is 6.07 Å². The van der Waals surface area contributed by atoms with Crippen molar-refractivity contribution in [1.82, 2.24) is 15.2 Å². The smallest absolute Gasteiger partial charge is 0.354 e. The van der Waals surface area contributed by atoms with Crippen LogP contribution < -0.4 is 5.32 Å². The summed E-state index contributed by atoms with van der Waals surface area (Å²) < 4.78 is 0. The summed E-state index contributed by atoms with van der Waals surface area (Å²) in [6.07, 6.45) is 7.57. The van der Waals surface area contributed by atoms with Crippen LogP contribution in [0.3, 0.4) is 0 Å². The van der Waals surface area contributed by atoms with Gasteiger partial charge in [0.25, 0.3) is 0 Å². The van der Waals surface area contributed by atoms with E-state index in [2.05, 4.69) is 58.5 Å². The Morgan fingerprint density at radius 3 is 2.48 bits per heavy atom. The third-order valence-electron chi connectivity index (χ3n) is 6.06. The van der Waals surface area contributed by atoms with Gasteiger partial charge in [-0.25, -0.2) is 9.78 Å². The van der Waals surface area contributed by atoms with Crippen molar-refractivity contribution in [1.29, 1.82) is 0 Å². The predicted molar refractivity (Wildman–Crippen MR) is 129 cm³/mol. The number of carboxylic acid groups (broad SMARTS) is 1. The number of nitrogens with zero attached hydrogens (tertiary/aromatic N) is 2. The topological polar surface area (TPSA) is 65.5 Å². The SMILES string of the molecule is CC(=Cc1ccccc1)C1C[C@@H]1NC1CCN(Cc2ccc(C(=O)O)nc2)CC1.Cl.Cl. The Labute approximate surface area is 196 Å². The van der Waals surface area contributed by atoms with Crippen LogP contribution in [0.15, 0.2) is 54.2 Å². The highest BCUT2D eigenvalue weighted by molar-refractivity contribution is 5.86. The van der Waals surface area contributed by atoms with Gasteiger partial charge in [-0.15, -0.1) is 24.8 Å². The predicted octanol–water partition coefficient (Wildman–Crippen LogP) is 4.67. The van der Waals surface area contributed by atoms with Crippen molar-refractivity contribution in [2.75, 3.05) is 13.1 Å². The fourth-order valence-electron chi connectivity index (χ4n) is 4.26. The molecular formula is C24H31Cl2N3O2. The number of halogens is 2. The minimum atomic E-state index is -0.976. The maximum absolute atomic E-state index is 10.9. The second-order valence-electron chi connectivity index (χ2n) is 8.32. The second-order valence-corrected chi connectivity index (χ2v) is 8.32. The first kappa shape index (κ1) is 25.3. The van der Waals surface area contributed by atoms with E-state index in [0.29, 0.717) is 18.0 Å². The number of pyridine rings is 1. The van der Waals surface area contributed by atoms with Crippen molar-refractivity contribution in [2.24, 2.45) is 5.92 Å². The quantitative estimate of drug-likeness (QED) is 0.624. The third kappa shape index (κ3) is 7.04. The summed E-state index contributed by atoms with van der Waals surface area (Å²) in [5, 5.41) is 12.8. The van der Waals surface area contributed by atoms with Gasteiger partial charge in [0.15, 0.2) is 0 Å². The Kier molecular flexibility index (Phi) is 9.51. The summed E-state index contributed by atoms with van der Waals surface area (Å²) >= 11 is 0. The first-order valence-electron chi connectivity index (χ1n) is 10.5. The molecular weight excluding hydrogens is 433 g/mol. The fourth-order valence-corrected chi connectivity index (χ4v) is 4.26. The molecule has 0 radical (unpaired) electrons. The molecule has 0 bridgehead atoms. The van der Waals surface area contributed by atoms with E-state index in [1.54, 1.807) is 12.3 Å². The molecule has 0 spiro atoms. The molecule has 1 aromatic carbocycles. The van der Waals surface area contributed by atoms with E-state index in [0.717, 1.165) is 38.0 Å². The summed E-state index contributed by atoms with van der Waals surface area (Å²) in [5.74, 6) is -0.303. The molecule has 168 valence electrons. The normalized spacial score (nSPS) is 21.6. The van der Waals surface area contributed by atoms with Gasteiger partial charge in [0.05, 0.1) is 0 Å². The highest BCUT2D eigenvalue weighted by Gasteiger charge is 2.39. The van der Waals surface area contributed by atoms with Crippen LogP contribution in [-0.2, 0) is 6.54 Å². The van der Waals surface area contributed by atoms with Crippen molar-refractivity contribution in [3.8, 4) is 0 Å². The molecule has 4 rings (SSSR count). The minimum absolute atomic E-state index is 0. The van der Waals surface area contributed by atoms with Gasteiger partial charge in [-0.2, -0.15) is 0 Å². The molecule has 2 N–H and O–H groups in total. The molecule has 7 heteroatoms. The number of likely N-dealkylation sites (tertiary alicyclic amines) is 1. The van der Waals surface area contributed by atoms with Gasteiger partial charge in [0, 0.05) is 24.8 Å². The molecule has 1 aliphatic carbocycles. The van der Waals surface area contributed by atoms with Crippen LogP contribution in [0.4, 0.5) is 0 Å². The van der Waals surface area contributed by atoms with Crippen molar-refractivity contribution >= 4 is 36.9 Å². The van der Waals surface area contributed by atoms with Gasteiger partial charge >= 0.3 is 5.97 Å². The Morgan fingerprint density at radius 1 is 1.16 bits per heavy atom. The van der Waals surface area contributed by atoms with Crippen molar-refractivity contribution in [3.63, 3.8) is 0 Å². The summed E-state index contributed by atoms with van der Waals surface area (Å²) in [4.78, 5) is 17.4. The van der Waals surface area contributed by atoms with Crippen LogP contribution in [0.25, 0.3) is 6.08 Å². The van der Waals surface area contributed by atoms with Crippen molar-refractivity contribution in [3.05, 3.63) is 71.1 Å². The average molecular weight is 464 g/mol. The Bertz CT molecular complexity index is 866. The lowest BCUT2D eigenvalue weighted by Crippen LogP contribution is -2.43. The van der Waals surface area contributed by atoms with E-state index < -0.39 is 5.97 Å². The Hall–Kier alpha value is -1.92. The molecule has 1 saturated heterocycles. The minimum Gasteiger partial charge on any atom is -0.477 e. The van der Waals surface area contributed by atoms with Crippen LogP contribution in [0, 0.1) is 5.92 Å². The molecule has 0 amide bonds. The number of rotatable bonds is 7. The number of nitrogens with one attached hydrogen (secondary N) is 1.